The third-order valence-electron chi connectivity index (χ3n) is 0.849. The van der Waals surface area contributed by atoms with Crippen LogP contribution in [0.4, 0.5) is 4.39 Å². The molecule has 0 bridgehead atoms. The highest BCUT2D eigenvalue weighted by atomic mass is 32.2. The fourth-order valence-corrected chi connectivity index (χ4v) is 0.659. The van der Waals surface area contributed by atoms with Gasteiger partial charge in [0.15, 0.2) is 0 Å². The number of rotatable bonds is 3. The lowest BCUT2D eigenvalue weighted by molar-refractivity contribution is 0.671. The molecule has 1 nitrogen and oxygen atoms in total. The van der Waals surface area contributed by atoms with E-state index in [-0.39, 0.29) is 0 Å². The van der Waals surface area contributed by atoms with Gasteiger partial charge >= 0.3 is 0 Å². The molecule has 0 rings (SSSR count). The molecule has 0 spiro atoms. The number of allylic oxidation sites excluding steroid dienone is 4. The van der Waals surface area contributed by atoms with E-state index >= 15 is 0 Å². The van der Waals surface area contributed by atoms with Crippen molar-refractivity contribution >= 4 is 11.9 Å². The minimum atomic E-state index is -0.464. The molecular weight excluding hydrogens is 149 g/mol. The van der Waals surface area contributed by atoms with Gasteiger partial charge in [0.25, 0.3) is 0 Å². The van der Waals surface area contributed by atoms with Crippen molar-refractivity contribution in [2.75, 3.05) is 0 Å². The van der Waals surface area contributed by atoms with Crippen LogP contribution in [0.3, 0.4) is 0 Å². The van der Waals surface area contributed by atoms with Crippen LogP contribution in [-0.2, 0) is 0 Å². The minimum absolute atomic E-state index is 0.464. The maximum atomic E-state index is 12.0. The van der Waals surface area contributed by atoms with Gasteiger partial charge in [-0.1, -0.05) is 12.7 Å². The van der Waals surface area contributed by atoms with Crippen LogP contribution in [0.15, 0.2) is 35.5 Å². The van der Waals surface area contributed by atoms with E-state index in [2.05, 4.69) is 6.58 Å². The SMILES string of the molecule is C=C(F)/C=C\C(=C/C)SN. The van der Waals surface area contributed by atoms with E-state index in [9.17, 15) is 4.39 Å². The average molecular weight is 159 g/mol. The molecule has 0 unspecified atom stereocenters. The molecule has 56 valence electrons. The molecule has 0 aromatic rings. The van der Waals surface area contributed by atoms with Gasteiger partial charge in [-0.3, -0.25) is 5.14 Å². The fourth-order valence-electron chi connectivity index (χ4n) is 0.376. The molecule has 0 aromatic heterocycles. The molecule has 0 amide bonds. The van der Waals surface area contributed by atoms with Crippen molar-refractivity contribution in [3.63, 3.8) is 0 Å². The van der Waals surface area contributed by atoms with Crippen molar-refractivity contribution < 1.29 is 4.39 Å². The Hall–Kier alpha value is -0.540. The molecule has 3 heteroatoms. The summed E-state index contributed by atoms with van der Waals surface area (Å²) in [6.45, 7) is 4.90. The van der Waals surface area contributed by atoms with E-state index < -0.39 is 5.83 Å². The zero-order chi connectivity index (χ0) is 7.98. The smallest absolute Gasteiger partial charge is 0.116 e. The summed E-state index contributed by atoms with van der Waals surface area (Å²) in [5.74, 6) is -0.464. The normalized spacial score (nSPS) is 12.5. The van der Waals surface area contributed by atoms with Gasteiger partial charge in [0.1, 0.15) is 5.83 Å². The Morgan fingerprint density at radius 1 is 1.60 bits per heavy atom. The van der Waals surface area contributed by atoms with Crippen LogP contribution in [0, 0.1) is 0 Å². The van der Waals surface area contributed by atoms with Crippen LogP contribution in [0.25, 0.3) is 0 Å². The van der Waals surface area contributed by atoms with Crippen LogP contribution in [0.2, 0.25) is 0 Å². The van der Waals surface area contributed by atoms with Crippen LogP contribution in [0.1, 0.15) is 6.92 Å². The van der Waals surface area contributed by atoms with Gasteiger partial charge in [0.05, 0.1) is 0 Å². The first-order valence-corrected chi connectivity index (χ1v) is 3.64. The molecular formula is C7H10FNS. The summed E-state index contributed by atoms with van der Waals surface area (Å²) in [5, 5.41) is 5.21. The molecule has 0 saturated carbocycles. The summed E-state index contributed by atoms with van der Waals surface area (Å²) in [7, 11) is 0. The Balaban J connectivity index is 3.98. The Morgan fingerprint density at radius 2 is 2.20 bits per heavy atom. The van der Waals surface area contributed by atoms with Crippen molar-refractivity contribution in [1.82, 2.24) is 0 Å². The van der Waals surface area contributed by atoms with Gasteiger partial charge in [0.2, 0.25) is 0 Å². The predicted molar refractivity (Wildman–Crippen MR) is 44.9 cm³/mol. The Labute approximate surface area is 64.6 Å². The summed E-state index contributed by atoms with van der Waals surface area (Å²) >= 11 is 1.08. The molecule has 0 atom stereocenters. The van der Waals surface area contributed by atoms with Gasteiger partial charge in [-0.05, 0) is 31.0 Å². The highest BCUT2D eigenvalue weighted by molar-refractivity contribution is 8.01. The largest absolute Gasteiger partial charge is 0.274 e. The maximum absolute atomic E-state index is 12.0. The first-order valence-electron chi connectivity index (χ1n) is 2.76. The molecule has 0 aliphatic rings. The fraction of sp³-hybridized carbons (Fsp3) is 0.143. The molecule has 0 radical (unpaired) electrons. The zero-order valence-corrected chi connectivity index (χ0v) is 6.62. The van der Waals surface area contributed by atoms with Crippen molar-refractivity contribution in [3.8, 4) is 0 Å². The number of hydrogen-bond acceptors (Lipinski definition) is 2. The summed E-state index contributed by atoms with van der Waals surface area (Å²) in [4.78, 5) is 0.818. The van der Waals surface area contributed by atoms with Gasteiger partial charge in [-0.25, -0.2) is 4.39 Å². The number of halogens is 1. The van der Waals surface area contributed by atoms with E-state index in [1.54, 1.807) is 12.2 Å². The predicted octanol–water partition coefficient (Wildman–Crippen LogP) is 2.54. The number of nitrogens with two attached hydrogens (primary N) is 1. The standard InChI is InChI=1S/C7H10FNS/c1-3-7(10-9)5-4-6(2)8/h3-5H,2,9H2,1H3/b5-4-,7-3+. The maximum Gasteiger partial charge on any atom is 0.116 e. The van der Waals surface area contributed by atoms with E-state index in [1.165, 1.54) is 6.08 Å². The third-order valence-corrected chi connectivity index (χ3v) is 1.49. The van der Waals surface area contributed by atoms with Gasteiger partial charge in [0, 0.05) is 4.91 Å². The van der Waals surface area contributed by atoms with Crippen LogP contribution in [-0.4, -0.2) is 0 Å². The monoisotopic (exact) mass is 159 g/mol. The topological polar surface area (TPSA) is 26.0 Å². The van der Waals surface area contributed by atoms with Crippen LogP contribution in [0.5, 0.6) is 0 Å². The van der Waals surface area contributed by atoms with E-state index in [4.69, 9.17) is 5.14 Å². The highest BCUT2D eigenvalue weighted by Crippen LogP contribution is 2.10. The first-order chi connectivity index (χ1) is 4.70. The molecule has 0 aromatic carbocycles. The van der Waals surface area contributed by atoms with Gasteiger partial charge < -0.3 is 0 Å². The van der Waals surface area contributed by atoms with Crippen molar-refractivity contribution in [2.45, 2.75) is 6.92 Å². The number of hydrogen-bond donors (Lipinski definition) is 1. The molecule has 0 aliphatic heterocycles. The second-order valence-electron chi connectivity index (χ2n) is 1.59. The van der Waals surface area contributed by atoms with Crippen LogP contribution >= 0.6 is 11.9 Å². The Kier molecular flexibility index (Phi) is 4.98. The Bertz CT molecular complexity index is 172. The third kappa shape index (κ3) is 4.35. The molecule has 0 saturated heterocycles. The van der Waals surface area contributed by atoms with E-state index in [0.717, 1.165) is 16.9 Å². The van der Waals surface area contributed by atoms with Crippen molar-refractivity contribution in [1.29, 1.82) is 0 Å². The lowest BCUT2D eigenvalue weighted by atomic mass is 10.4. The summed E-state index contributed by atoms with van der Waals surface area (Å²) in [5.41, 5.74) is 0. The zero-order valence-electron chi connectivity index (χ0n) is 5.80. The second kappa shape index (κ2) is 5.26. The molecule has 0 aliphatic carbocycles. The molecule has 0 heterocycles. The van der Waals surface area contributed by atoms with E-state index in [0.29, 0.717) is 0 Å². The average Bonchev–Trinajstić information content (AvgIpc) is 1.90. The lowest BCUT2D eigenvalue weighted by Crippen LogP contribution is -1.78. The van der Waals surface area contributed by atoms with Gasteiger partial charge in [-0.2, -0.15) is 0 Å². The van der Waals surface area contributed by atoms with Crippen molar-refractivity contribution in [3.05, 3.63) is 35.5 Å². The molecule has 0 fully saturated rings. The minimum Gasteiger partial charge on any atom is -0.274 e. The van der Waals surface area contributed by atoms with Gasteiger partial charge in [-0.15, -0.1) is 0 Å². The summed E-state index contributed by atoms with van der Waals surface area (Å²) < 4.78 is 12.0. The van der Waals surface area contributed by atoms with Crippen LogP contribution < -0.4 is 5.14 Å². The van der Waals surface area contributed by atoms with E-state index in [1.807, 2.05) is 6.92 Å². The quantitative estimate of drug-likeness (QED) is 0.506. The lowest BCUT2D eigenvalue weighted by Gasteiger charge is -1.90. The second-order valence-corrected chi connectivity index (χ2v) is 2.30. The van der Waals surface area contributed by atoms with Crippen molar-refractivity contribution in [2.24, 2.45) is 5.14 Å². The molecule has 2 N–H and O–H groups in total. The Morgan fingerprint density at radius 3 is 2.50 bits per heavy atom. The highest BCUT2D eigenvalue weighted by Gasteiger charge is 1.85. The first kappa shape index (κ1) is 9.46. The molecule has 10 heavy (non-hydrogen) atoms. The summed E-state index contributed by atoms with van der Waals surface area (Å²) in [6.07, 6.45) is 4.65. The summed E-state index contributed by atoms with van der Waals surface area (Å²) in [6, 6.07) is 0.